The predicted molar refractivity (Wildman–Crippen MR) is 113 cm³/mol. The Morgan fingerprint density at radius 3 is 2.69 bits per heavy atom. The number of nitrogens with zero attached hydrogens (tertiary/aromatic N) is 5. The number of nitrogens with one attached hydrogen (secondary N) is 2. The van der Waals surface area contributed by atoms with Crippen molar-refractivity contribution in [3.05, 3.63) is 66.0 Å². The molecule has 0 bridgehead atoms. The molecule has 138 valence electrons. The van der Waals surface area contributed by atoms with Gasteiger partial charge in [-0.1, -0.05) is 0 Å². The molecule has 0 aromatic carbocycles. The van der Waals surface area contributed by atoms with E-state index in [4.69, 9.17) is 4.98 Å². The van der Waals surface area contributed by atoms with Crippen LogP contribution in [0.1, 0.15) is 0 Å². The molecule has 0 saturated carbocycles. The zero-order chi connectivity index (χ0) is 19.2. The van der Waals surface area contributed by atoms with Gasteiger partial charge in [0, 0.05) is 46.0 Å². The van der Waals surface area contributed by atoms with Crippen molar-refractivity contribution in [2.24, 2.45) is 0 Å². The number of pyridine rings is 2. The van der Waals surface area contributed by atoms with Gasteiger partial charge in [-0.05, 0) is 35.7 Å². The Balaban J connectivity index is 1.53. The van der Waals surface area contributed by atoms with Crippen LogP contribution in [-0.4, -0.2) is 35.1 Å². The molecule has 0 saturated heterocycles. The van der Waals surface area contributed by atoms with Crippen molar-refractivity contribution < 1.29 is 0 Å². The molecule has 6 aromatic heterocycles. The van der Waals surface area contributed by atoms with E-state index in [0.29, 0.717) is 0 Å². The second kappa shape index (κ2) is 6.32. The van der Waals surface area contributed by atoms with Crippen molar-refractivity contribution in [1.82, 2.24) is 35.1 Å². The van der Waals surface area contributed by atoms with E-state index < -0.39 is 0 Å². The Morgan fingerprint density at radius 1 is 0.897 bits per heavy atom. The maximum atomic E-state index is 4.82. The number of fused-ring (bicyclic) bond motifs is 2. The van der Waals surface area contributed by atoms with E-state index in [0.717, 1.165) is 55.8 Å². The molecule has 0 atom stereocenters. The van der Waals surface area contributed by atoms with E-state index in [2.05, 4.69) is 53.0 Å². The SMILES string of the molecule is c1ncc(-c2ccc3[nH]nc(-c4cc5c(-c6ccsc6)nccc5[nH]4)c3n2)cn1. The lowest BCUT2D eigenvalue weighted by molar-refractivity contribution is 1.12. The summed E-state index contributed by atoms with van der Waals surface area (Å²) in [4.78, 5) is 21.0. The van der Waals surface area contributed by atoms with Crippen LogP contribution in [0.4, 0.5) is 0 Å². The summed E-state index contributed by atoms with van der Waals surface area (Å²) in [6.07, 6.45) is 6.84. The van der Waals surface area contributed by atoms with Crippen LogP contribution >= 0.6 is 11.3 Å². The highest BCUT2D eigenvalue weighted by Gasteiger charge is 2.16. The molecule has 2 N–H and O–H groups in total. The molecule has 7 nitrogen and oxygen atoms in total. The lowest BCUT2D eigenvalue weighted by Gasteiger charge is -2.00. The third kappa shape index (κ3) is 2.61. The average Bonchev–Trinajstić information content (AvgIpc) is 3.52. The first-order chi connectivity index (χ1) is 14.4. The Morgan fingerprint density at radius 2 is 1.83 bits per heavy atom. The summed E-state index contributed by atoms with van der Waals surface area (Å²) in [6.45, 7) is 0. The second-order valence-corrected chi connectivity index (χ2v) is 7.39. The fourth-order valence-corrected chi connectivity index (χ4v) is 4.13. The quantitative estimate of drug-likeness (QED) is 0.453. The molecule has 0 aliphatic carbocycles. The molecule has 6 aromatic rings. The van der Waals surface area contributed by atoms with Gasteiger partial charge in [0.2, 0.25) is 0 Å². The van der Waals surface area contributed by atoms with Gasteiger partial charge in [-0.15, -0.1) is 0 Å². The molecule has 0 aliphatic heterocycles. The van der Waals surface area contributed by atoms with Crippen LogP contribution < -0.4 is 0 Å². The number of thiophene rings is 1. The summed E-state index contributed by atoms with van der Waals surface area (Å²) < 4.78 is 0. The Hall–Kier alpha value is -3.91. The van der Waals surface area contributed by atoms with Crippen LogP contribution in [0, 0.1) is 0 Å². The average molecular weight is 395 g/mol. The van der Waals surface area contributed by atoms with Crippen molar-refractivity contribution in [3.63, 3.8) is 0 Å². The largest absolute Gasteiger partial charge is 0.353 e. The Bertz CT molecular complexity index is 1450. The summed E-state index contributed by atoms with van der Waals surface area (Å²) in [5, 5.41) is 12.8. The first-order valence-corrected chi connectivity index (χ1v) is 9.92. The minimum Gasteiger partial charge on any atom is -0.353 e. The van der Waals surface area contributed by atoms with Crippen LogP contribution in [0.5, 0.6) is 0 Å². The molecule has 6 rings (SSSR count). The van der Waals surface area contributed by atoms with Crippen molar-refractivity contribution >= 4 is 33.3 Å². The molecule has 6 heterocycles. The number of aromatic amines is 2. The highest BCUT2D eigenvalue weighted by molar-refractivity contribution is 7.08. The van der Waals surface area contributed by atoms with Crippen molar-refractivity contribution in [3.8, 4) is 33.9 Å². The van der Waals surface area contributed by atoms with E-state index in [1.807, 2.05) is 24.4 Å². The van der Waals surface area contributed by atoms with E-state index in [1.165, 1.54) is 6.33 Å². The number of hydrogen-bond acceptors (Lipinski definition) is 6. The van der Waals surface area contributed by atoms with Crippen molar-refractivity contribution in [2.75, 3.05) is 0 Å². The third-order valence-electron chi connectivity index (χ3n) is 4.86. The molecule has 0 radical (unpaired) electrons. The first kappa shape index (κ1) is 16.1. The number of rotatable bonds is 3. The van der Waals surface area contributed by atoms with E-state index in [1.54, 1.807) is 23.7 Å². The zero-order valence-corrected chi connectivity index (χ0v) is 15.8. The van der Waals surface area contributed by atoms with Gasteiger partial charge >= 0.3 is 0 Å². The second-order valence-electron chi connectivity index (χ2n) is 6.61. The zero-order valence-electron chi connectivity index (χ0n) is 15.0. The van der Waals surface area contributed by atoms with Gasteiger partial charge in [0.05, 0.1) is 22.6 Å². The summed E-state index contributed by atoms with van der Waals surface area (Å²) in [5.41, 5.74) is 8.08. The van der Waals surface area contributed by atoms with Gasteiger partial charge in [-0.3, -0.25) is 10.1 Å². The molecule has 0 aliphatic rings. The Labute approximate surface area is 168 Å². The highest BCUT2D eigenvalue weighted by Crippen LogP contribution is 2.33. The Kier molecular flexibility index (Phi) is 3.50. The van der Waals surface area contributed by atoms with Gasteiger partial charge in [0.15, 0.2) is 0 Å². The minimum absolute atomic E-state index is 0.770. The maximum absolute atomic E-state index is 4.82. The predicted octanol–water partition coefficient (Wildman–Crippen LogP) is 4.69. The molecule has 0 amide bonds. The standard InChI is InChI=1S/C21H13N7S/c1-2-17-20(26-15(1)13-8-22-11-23-9-13)21(28-27-17)18-7-14-16(25-18)3-5-24-19(14)12-4-6-29-10-12/h1-11,25H,(H,27,28). The summed E-state index contributed by atoms with van der Waals surface area (Å²) in [5.74, 6) is 0. The fraction of sp³-hybridized carbons (Fsp3) is 0. The number of aromatic nitrogens is 7. The summed E-state index contributed by atoms with van der Waals surface area (Å²) in [6, 6.07) is 10.1. The lowest BCUT2D eigenvalue weighted by Crippen LogP contribution is -1.87. The smallest absolute Gasteiger partial charge is 0.135 e. The van der Waals surface area contributed by atoms with Gasteiger partial charge in [0.1, 0.15) is 17.5 Å². The van der Waals surface area contributed by atoms with Crippen molar-refractivity contribution in [2.45, 2.75) is 0 Å². The summed E-state index contributed by atoms with van der Waals surface area (Å²) >= 11 is 1.66. The van der Waals surface area contributed by atoms with E-state index in [9.17, 15) is 0 Å². The molecule has 29 heavy (non-hydrogen) atoms. The molecular weight excluding hydrogens is 382 g/mol. The third-order valence-corrected chi connectivity index (χ3v) is 5.55. The van der Waals surface area contributed by atoms with Gasteiger partial charge in [0.25, 0.3) is 0 Å². The maximum Gasteiger partial charge on any atom is 0.135 e. The molecule has 0 unspecified atom stereocenters. The molecule has 0 spiro atoms. The summed E-state index contributed by atoms with van der Waals surface area (Å²) in [7, 11) is 0. The van der Waals surface area contributed by atoms with Gasteiger partial charge in [-0.25, -0.2) is 15.0 Å². The van der Waals surface area contributed by atoms with Crippen molar-refractivity contribution in [1.29, 1.82) is 0 Å². The first-order valence-electron chi connectivity index (χ1n) is 8.98. The highest BCUT2D eigenvalue weighted by atomic mass is 32.1. The minimum atomic E-state index is 0.770. The van der Waals surface area contributed by atoms with Crippen LogP contribution in [-0.2, 0) is 0 Å². The fourth-order valence-electron chi connectivity index (χ4n) is 3.49. The normalized spacial score (nSPS) is 11.4. The van der Waals surface area contributed by atoms with Gasteiger partial charge < -0.3 is 4.98 Å². The van der Waals surface area contributed by atoms with Gasteiger partial charge in [-0.2, -0.15) is 16.4 Å². The monoisotopic (exact) mass is 395 g/mol. The topological polar surface area (TPSA) is 96.0 Å². The lowest BCUT2D eigenvalue weighted by atomic mass is 10.1. The molecular formula is C21H13N7S. The molecule has 8 heteroatoms. The number of hydrogen-bond donors (Lipinski definition) is 2. The number of H-pyrrole nitrogens is 2. The van der Waals surface area contributed by atoms with Crippen LogP contribution in [0.15, 0.2) is 66.0 Å². The van der Waals surface area contributed by atoms with E-state index in [-0.39, 0.29) is 0 Å². The van der Waals surface area contributed by atoms with Crippen LogP contribution in [0.3, 0.4) is 0 Å². The van der Waals surface area contributed by atoms with E-state index >= 15 is 0 Å². The molecule has 0 fully saturated rings. The van der Waals surface area contributed by atoms with Crippen LogP contribution in [0.2, 0.25) is 0 Å². The van der Waals surface area contributed by atoms with Crippen LogP contribution in [0.25, 0.3) is 55.8 Å².